The molecule has 0 bridgehead atoms. The summed E-state index contributed by atoms with van der Waals surface area (Å²) in [6.45, 7) is 3.44. The molecule has 0 spiro atoms. The fourth-order valence-corrected chi connectivity index (χ4v) is 2.89. The summed E-state index contributed by atoms with van der Waals surface area (Å²) in [4.78, 5) is 27.4. The van der Waals surface area contributed by atoms with Crippen molar-refractivity contribution in [2.24, 2.45) is 0 Å². The van der Waals surface area contributed by atoms with Gasteiger partial charge in [-0.2, -0.15) is 0 Å². The van der Waals surface area contributed by atoms with E-state index in [-0.39, 0.29) is 24.4 Å². The predicted octanol–water partition coefficient (Wildman–Crippen LogP) is 1.86. The molecular weight excluding hydrogens is 290 g/mol. The second-order valence-corrected chi connectivity index (χ2v) is 6.16. The average molecular weight is 309 g/mol. The third-order valence-electron chi connectivity index (χ3n) is 3.22. The third-order valence-corrected chi connectivity index (χ3v) is 4.19. The maximum absolute atomic E-state index is 12.2. The lowest BCUT2D eigenvalue weighted by Crippen LogP contribution is -2.45. The van der Waals surface area contributed by atoms with Crippen LogP contribution in [0.15, 0.2) is 18.2 Å². The molecule has 0 radical (unpaired) electrons. The van der Waals surface area contributed by atoms with Crippen LogP contribution in [-0.4, -0.2) is 49.7 Å². The van der Waals surface area contributed by atoms with Crippen LogP contribution < -0.4 is 0 Å². The standard InChI is InChI=1S/C15H19NO4S/c1-11-3-4-13(21-11)5-6-14(17)16-7-8-20-12(10-16)9-15(18)19-2/h3-6,12H,7-10H2,1-2H3/b6-5+. The summed E-state index contributed by atoms with van der Waals surface area (Å²) in [5, 5.41) is 0. The maximum Gasteiger partial charge on any atom is 0.308 e. The average Bonchev–Trinajstić information content (AvgIpc) is 2.90. The molecule has 1 aliphatic rings. The molecule has 1 fully saturated rings. The van der Waals surface area contributed by atoms with E-state index in [1.807, 2.05) is 25.1 Å². The maximum atomic E-state index is 12.2. The second kappa shape index (κ2) is 7.38. The van der Waals surface area contributed by atoms with Gasteiger partial charge in [-0.15, -0.1) is 11.3 Å². The summed E-state index contributed by atoms with van der Waals surface area (Å²) in [6, 6.07) is 4.01. The van der Waals surface area contributed by atoms with Crippen molar-refractivity contribution in [3.63, 3.8) is 0 Å². The zero-order valence-corrected chi connectivity index (χ0v) is 13.0. The van der Waals surface area contributed by atoms with E-state index in [1.54, 1.807) is 22.3 Å². The molecule has 1 aliphatic heterocycles. The van der Waals surface area contributed by atoms with Gasteiger partial charge in [-0.1, -0.05) is 0 Å². The Hall–Kier alpha value is -1.66. The first kappa shape index (κ1) is 15.7. The van der Waals surface area contributed by atoms with Crippen LogP contribution in [0.5, 0.6) is 0 Å². The van der Waals surface area contributed by atoms with Crippen molar-refractivity contribution in [1.82, 2.24) is 4.90 Å². The van der Waals surface area contributed by atoms with Gasteiger partial charge in [-0.05, 0) is 25.1 Å². The summed E-state index contributed by atoms with van der Waals surface area (Å²) in [5.41, 5.74) is 0. The number of ether oxygens (including phenoxy) is 2. The van der Waals surface area contributed by atoms with Crippen LogP contribution in [0.2, 0.25) is 0 Å². The summed E-state index contributed by atoms with van der Waals surface area (Å²) in [7, 11) is 1.35. The number of esters is 1. The van der Waals surface area contributed by atoms with Crippen LogP contribution >= 0.6 is 11.3 Å². The molecule has 1 amide bonds. The minimum absolute atomic E-state index is 0.0563. The summed E-state index contributed by atoms with van der Waals surface area (Å²) in [6.07, 6.45) is 3.29. The SMILES string of the molecule is COC(=O)CC1CN(C(=O)/C=C/c2ccc(C)s2)CCO1. The van der Waals surface area contributed by atoms with Crippen LogP contribution in [0.3, 0.4) is 0 Å². The molecule has 1 aromatic heterocycles. The molecule has 0 aliphatic carbocycles. The smallest absolute Gasteiger partial charge is 0.308 e. The number of nitrogens with zero attached hydrogens (tertiary/aromatic N) is 1. The molecule has 0 N–H and O–H groups in total. The largest absolute Gasteiger partial charge is 0.469 e. The molecule has 21 heavy (non-hydrogen) atoms. The number of rotatable bonds is 4. The van der Waals surface area contributed by atoms with Crippen molar-refractivity contribution in [3.8, 4) is 0 Å². The molecular formula is C15H19NO4S. The predicted molar refractivity (Wildman–Crippen MR) is 81.0 cm³/mol. The Balaban J connectivity index is 1.89. The van der Waals surface area contributed by atoms with E-state index in [1.165, 1.54) is 12.0 Å². The number of methoxy groups -OCH3 is 1. The lowest BCUT2D eigenvalue weighted by molar-refractivity contribution is -0.148. The quantitative estimate of drug-likeness (QED) is 0.629. The number of aryl methyl sites for hydroxylation is 1. The first-order valence-electron chi connectivity index (χ1n) is 6.80. The van der Waals surface area contributed by atoms with E-state index in [9.17, 15) is 9.59 Å². The van der Waals surface area contributed by atoms with Gasteiger partial charge in [0.2, 0.25) is 5.91 Å². The normalized spacial score (nSPS) is 19.0. The van der Waals surface area contributed by atoms with Gasteiger partial charge < -0.3 is 14.4 Å². The van der Waals surface area contributed by atoms with Gasteiger partial charge in [-0.3, -0.25) is 9.59 Å². The van der Waals surface area contributed by atoms with E-state index in [0.29, 0.717) is 19.7 Å². The monoisotopic (exact) mass is 309 g/mol. The molecule has 114 valence electrons. The van der Waals surface area contributed by atoms with Crippen LogP contribution in [0, 0.1) is 6.92 Å². The Morgan fingerprint density at radius 1 is 1.52 bits per heavy atom. The molecule has 1 atom stereocenters. The zero-order chi connectivity index (χ0) is 15.2. The van der Waals surface area contributed by atoms with Crippen LogP contribution in [0.25, 0.3) is 6.08 Å². The number of hydrogen-bond acceptors (Lipinski definition) is 5. The zero-order valence-electron chi connectivity index (χ0n) is 12.2. The topological polar surface area (TPSA) is 55.8 Å². The van der Waals surface area contributed by atoms with Gasteiger partial charge in [0.1, 0.15) is 0 Å². The van der Waals surface area contributed by atoms with Gasteiger partial charge in [0.05, 0.1) is 26.2 Å². The summed E-state index contributed by atoms with van der Waals surface area (Å²) < 4.78 is 10.1. The van der Waals surface area contributed by atoms with E-state index in [4.69, 9.17) is 4.74 Å². The van der Waals surface area contributed by atoms with Crippen molar-refractivity contribution in [2.75, 3.05) is 26.8 Å². The van der Waals surface area contributed by atoms with Crippen molar-refractivity contribution in [2.45, 2.75) is 19.4 Å². The van der Waals surface area contributed by atoms with E-state index >= 15 is 0 Å². The fraction of sp³-hybridized carbons (Fsp3) is 0.467. The van der Waals surface area contributed by atoms with E-state index in [2.05, 4.69) is 4.74 Å². The Labute approximate surface area is 128 Å². The highest BCUT2D eigenvalue weighted by molar-refractivity contribution is 7.12. The van der Waals surface area contributed by atoms with Crippen molar-refractivity contribution in [3.05, 3.63) is 28.0 Å². The highest BCUT2D eigenvalue weighted by atomic mass is 32.1. The molecule has 6 heteroatoms. The minimum Gasteiger partial charge on any atom is -0.469 e. The number of carbonyl (C=O) groups is 2. The number of hydrogen-bond donors (Lipinski definition) is 0. The van der Waals surface area contributed by atoms with E-state index < -0.39 is 0 Å². The van der Waals surface area contributed by atoms with Gasteiger partial charge in [-0.25, -0.2) is 0 Å². The highest BCUT2D eigenvalue weighted by Gasteiger charge is 2.25. The molecule has 5 nitrogen and oxygen atoms in total. The molecule has 1 unspecified atom stereocenters. The number of morpholine rings is 1. The molecule has 0 aromatic carbocycles. The minimum atomic E-state index is -0.320. The molecule has 1 saturated heterocycles. The van der Waals surface area contributed by atoms with Crippen LogP contribution in [0.4, 0.5) is 0 Å². The summed E-state index contributed by atoms with van der Waals surface area (Å²) in [5.74, 6) is -0.377. The first-order chi connectivity index (χ1) is 10.1. The van der Waals surface area contributed by atoms with Gasteiger partial charge in [0, 0.05) is 28.9 Å². The molecule has 2 heterocycles. The van der Waals surface area contributed by atoms with Crippen molar-refractivity contribution < 1.29 is 19.1 Å². The van der Waals surface area contributed by atoms with Crippen LogP contribution in [-0.2, 0) is 19.1 Å². The second-order valence-electron chi connectivity index (χ2n) is 4.84. The van der Waals surface area contributed by atoms with Gasteiger partial charge in [0.15, 0.2) is 0 Å². The number of carbonyl (C=O) groups excluding carboxylic acids is 2. The van der Waals surface area contributed by atoms with E-state index in [0.717, 1.165) is 4.88 Å². The Bertz CT molecular complexity index is 538. The highest BCUT2D eigenvalue weighted by Crippen LogP contribution is 2.17. The lowest BCUT2D eigenvalue weighted by atomic mass is 10.2. The number of thiophene rings is 1. The van der Waals surface area contributed by atoms with Crippen LogP contribution in [0.1, 0.15) is 16.2 Å². The fourth-order valence-electron chi connectivity index (χ4n) is 2.11. The van der Waals surface area contributed by atoms with Gasteiger partial charge >= 0.3 is 5.97 Å². The van der Waals surface area contributed by atoms with Gasteiger partial charge in [0.25, 0.3) is 0 Å². The first-order valence-corrected chi connectivity index (χ1v) is 7.62. The third kappa shape index (κ3) is 4.68. The molecule has 1 aromatic rings. The summed E-state index contributed by atoms with van der Waals surface area (Å²) >= 11 is 1.64. The van der Waals surface area contributed by atoms with Crippen molar-refractivity contribution in [1.29, 1.82) is 0 Å². The number of amides is 1. The molecule has 0 saturated carbocycles. The Morgan fingerprint density at radius 3 is 3.00 bits per heavy atom. The molecule has 2 rings (SSSR count). The Kier molecular flexibility index (Phi) is 5.52. The lowest BCUT2D eigenvalue weighted by Gasteiger charge is -2.31. The van der Waals surface area contributed by atoms with Crippen molar-refractivity contribution >= 4 is 29.3 Å². The Morgan fingerprint density at radius 2 is 2.33 bits per heavy atom.